The average molecular weight is 200 g/mol. The number of aliphatic hydroxyl groups is 1. The van der Waals surface area contributed by atoms with E-state index in [-0.39, 0.29) is 12.4 Å². The monoisotopic (exact) mass is 200 g/mol. The van der Waals surface area contributed by atoms with Crippen molar-refractivity contribution in [3.63, 3.8) is 0 Å². The summed E-state index contributed by atoms with van der Waals surface area (Å²) in [6.07, 6.45) is 7.27. The third-order valence-corrected chi connectivity index (χ3v) is 2.99. The van der Waals surface area contributed by atoms with E-state index in [1.54, 1.807) is 0 Å². The second-order valence-electron chi connectivity index (χ2n) is 4.25. The number of hydrogen-bond donors (Lipinski definition) is 1. The molecule has 0 aromatic carbocycles. The highest BCUT2D eigenvalue weighted by atomic mass is 16.5. The Bertz CT molecular complexity index is 181. The maximum Gasteiger partial charge on any atom is 0.308 e. The molecule has 0 heterocycles. The van der Waals surface area contributed by atoms with Gasteiger partial charge in [-0.3, -0.25) is 4.79 Å². The summed E-state index contributed by atoms with van der Waals surface area (Å²) < 4.78 is 4.59. The molecule has 1 rings (SSSR count). The largest absolute Gasteiger partial charge is 0.469 e. The molecule has 0 amide bonds. The Kier molecular flexibility index (Phi) is 4.39. The number of carbonyl (C=O) groups is 1. The van der Waals surface area contributed by atoms with Crippen LogP contribution in [0.3, 0.4) is 0 Å². The molecule has 1 fully saturated rings. The van der Waals surface area contributed by atoms with Gasteiger partial charge in [-0.25, -0.2) is 0 Å². The fraction of sp³-hybridized carbons (Fsp3) is 0.909. The SMILES string of the molecule is COC(=O)CC1(O)CCCCCCC1. The van der Waals surface area contributed by atoms with Crippen molar-refractivity contribution in [2.45, 2.75) is 57.0 Å². The molecule has 1 aliphatic carbocycles. The first kappa shape index (κ1) is 11.5. The van der Waals surface area contributed by atoms with Crippen LogP contribution in [0.5, 0.6) is 0 Å². The average Bonchev–Trinajstić information content (AvgIpc) is 2.12. The van der Waals surface area contributed by atoms with Crippen molar-refractivity contribution in [2.75, 3.05) is 7.11 Å². The quantitative estimate of drug-likeness (QED) is 0.694. The third-order valence-electron chi connectivity index (χ3n) is 2.99. The Morgan fingerprint density at radius 1 is 1.21 bits per heavy atom. The fourth-order valence-corrected chi connectivity index (χ4v) is 2.08. The highest BCUT2D eigenvalue weighted by Crippen LogP contribution is 2.29. The lowest BCUT2D eigenvalue weighted by molar-refractivity contribution is -0.147. The predicted octanol–water partition coefficient (Wildman–Crippen LogP) is 2.02. The van der Waals surface area contributed by atoms with Gasteiger partial charge >= 0.3 is 5.97 Å². The second-order valence-corrected chi connectivity index (χ2v) is 4.25. The minimum atomic E-state index is -0.798. The van der Waals surface area contributed by atoms with E-state index in [2.05, 4.69) is 4.74 Å². The summed E-state index contributed by atoms with van der Waals surface area (Å²) >= 11 is 0. The van der Waals surface area contributed by atoms with Gasteiger partial charge < -0.3 is 9.84 Å². The van der Waals surface area contributed by atoms with Gasteiger partial charge in [-0.05, 0) is 12.8 Å². The molecule has 0 atom stereocenters. The van der Waals surface area contributed by atoms with Gasteiger partial charge in [-0.1, -0.05) is 32.1 Å². The first-order valence-electron chi connectivity index (χ1n) is 5.45. The van der Waals surface area contributed by atoms with Crippen LogP contribution < -0.4 is 0 Å². The molecule has 82 valence electrons. The molecular weight excluding hydrogens is 180 g/mol. The smallest absolute Gasteiger partial charge is 0.308 e. The maximum atomic E-state index is 11.1. The van der Waals surface area contributed by atoms with E-state index in [1.807, 2.05) is 0 Å². The van der Waals surface area contributed by atoms with Crippen LogP contribution in [0.15, 0.2) is 0 Å². The van der Waals surface area contributed by atoms with E-state index >= 15 is 0 Å². The van der Waals surface area contributed by atoms with Gasteiger partial charge in [0, 0.05) is 0 Å². The molecular formula is C11H20O3. The molecule has 0 aliphatic heterocycles. The van der Waals surface area contributed by atoms with Crippen LogP contribution in [-0.2, 0) is 9.53 Å². The molecule has 0 aromatic rings. The number of ether oxygens (including phenoxy) is 1. The van der Waals surface area contributed by atoms with E-state index in [0.717, 1.165) is 25.7 Å². The van der Waals surface area contributed by atoms with E-state index in [0.29, 0.717) is 0 Å². The van der Waals surface area contributed by atoms with Crippen LogP contribution in [0.1, 0.15) is 51.4 Å². The van der Waals surface area contributed by atoms with Gasteiger partial charge in [0.15, 0.2) is 0 Å². The molecule has 0 bridgehead atoms. The van der Waals surface area contributed by atoms with Crippen LogP contribution in [0.25, 0.3) is 0 Å². The van der Waals surface area contributed by atoms with E-state index in [4.69, 9.17) is 0 Å². The second kappa shape index (κ2) is 5.35. The summed E-state index contributed by atoms with van der Waals surface area (Å²) in [6.45, 7) is 0. The summed E-state index contributed by atoms with van der Waals surface area (Å²) in [4.78, 5) is 11.1. The van der Waals surface area contributed by atoms with Crippen LogP contribution in [-0.4, -0.2) is 23.8 Å². The Morgan fingerprint density at radius 2 is 1.71 bits per heavy atom. The number of rotatable bonds is 2. The number of hydrogen-bond acceptors (Lipinski definition) is 3. The van der Waals surface area contributed by atoms with Crippen molar-refractivity contribution in [1.82, 2.24) is 0 Å². The Hall–Kier alpha value is -0.570. The minimum absolute atomic E-state index is 0.156. The zero-order chi connectivity index (χ0) is 10.4. The molecule has 0 aromatic heterocycles. The van der Waals surface area contributed by atoms with Crippen molar-refractivity contribution in [2.24, 2.45) is 0 Å². The summed E-state index contributed by atoms with van der Waals surface area (Å²) in [6, 6.07) is 0. The maximum absolute atomic E-state index is 11.1. The molecule has 0 saturated heterocycles. The first-order valence-corrected chi connectivity index (χ1v) is 5.45. The highest BCUT2D eigenvalue weighted by molar-refractivity contribution is 5.70. The summed E-state index contributed by atoms with van der Waals surface area (Å²) in [5.74, 6) is -0.298. The van der Waals surface area contributed by atoms with Crippen molar-refractivity contribution in [3.05, 3.63) is 0 Å². The van der Waals surface area contributed by atoms with Crippen molar-refractivity contribution >= 4 is 5.97 Å². The summed E-state index contributed by atoms with van der Waals surface area (Å²) in [5.41, 5.74) is -0.798. The van der Waals surface area contributed by atoms with Crippen LogP contribution in [0.4, 0.5) is 0 Å². The van der Waals surface area contributed by atoms with Crippen LogP contribution >= 0.6 is 0 Å². The van der Waals surface area contributed by atoms with Crippen molar-refractivity contribution in [3.8, 4) is 0 Å². The first-order chi connectivity index (χ1) is 6.66. The Morgan fingerprint density at radius 3 is 2.21 bits per heavy atom. The van der Waals surface area contributed by atoms with Crippen molar-refractivity contribution < 1.29 is 14.6 Å². The molecule has 1 aliphatic rings. The Labute approximate surface area is 85.5 Å². The van der Waals surface area contributed by atoms with Gasteiger partial charge in [0.05, 0.1) is 19.1 Å². The van der Waals surface area contributed by atoms with Gasteiger partial charge in [-0.2, -0.15) is 0 Å². The molecule has 3 nitrogen and oxygen atoms in total. The third kappa shape index (κ3) is 3.66. The summed E-state index contributed by atoms with van der Waals surface area (Å²) in [5, 5.41) is 10.2. The van der Waals surface area contributed by atoms with E-state index < -0.39 is 5.60 Å². The lowest BCUT2D eigenvalue weighted by atomic mass is 9.85. The van der Waals surface area contributed by atoms with E-state index in [9.17, 15) is 9.90 Å². The van der Waals surface area contributed by atoms with Crippen LogP contribution in [0.2, 0.25) is 0 Å². The molecule has 0 unspecified atom stereocenters. The number of carbonyl (C=O) groups excluding carboxylic acids is 1. The molecule has 0 spiro atoms. The van der Waals surface area contributed by atoms with Gasteiger partial charge in [-0.15, -0.1) is 0 Å². The molecule has 1 N–H and O–H groups in total. The molecule has 3 heteroatoms. The molecule has 0 radical (unpaired) electrons. The van der Waals surface area contributed by atoms with Crippen LogP contribution in [0, 0.1) is 0 Å². The fourth-order valence-electron chi connectivity index (χ4n) is 2.08. The van der Waals surface area contributed by atoms with Gasteiger partial charge in [0.25, 0.3) is 0 Å². The molecule has 14 heavy (non-hydrogen) atoms. The number of methoxy groups -OCH3 is 1. The number of esters is 1. The zero-order valence-corrected chi connectivity index (χ0v) is 8.92. The Balaban J connectivity index is 2.46. The normalized spacial score (nSPS) is 22.1. The molecule has 1 saturated carbocycles. The topological polar surface area (TPSA) is 46.5 Å². The highest BCUT2D eigenvalue weighted by Gasteiger charge is 2.30. The van der Waals surface area contributed by atoms with E-state index in [1.165, 1.54) is 26.4 Å². The minimum Gasteiger partial charge on any atom is -0.469 e. The summed E-state index contributed by atoms with van der Waals surface area (Å²) in [7, 11) is 1.37. The van der Waals surface area contributed by atoms with Crippen molar-refractivity contribution in [1.29, 1.82) is 0 Å². The van der Waals surface area contributed by atoms with Gasteiger partial charge in [0.2, 0.25) is 0 Å². The standard InChI is InChI=1S/C11H20O3/c1-14-10(12)9-11(13)7-5-3-2-4-6-8-11/h13H,2-9H2,1H3. The lowest BCUT2D eigenvalue weighted by Gasteiger charge is -2.28. The van der Waals surface area contributed by atoms with Gasteiger partial charge in [0.1, 0.15) is 0 Å². The lowest BCUT2D eigenvalue weighted by Crippen LogP contribution is -2.32. The zero-order valence-electron chi connectivity index (χ0n) is 8.92. The predicted molar refractivity (Wildman–Crippen MR) is 53.9 cm³/mol.